The predicted molar refractivity (Wildman–Crippen MR) is 103 cm³/mol. The van der Waals surface area contributed by atoms with Gasteiger partial charge in [0.15, 0.2) is 18.5 Å². The molecule has 0 fully saturated rings. The van der Waals surface area contributed by atoms with E-state index in [-0.39, 0.29) is 18.1 Å². The SMILES string of the molecule is CC(C)c1ccccc1OCC(=O)O[C@H](C)c1nc2ccccc2c(=O)[nH]1. The van der Waals surface area contributed by atoms with Gasteiger partial charge in [-0.25, -0.2) is 9.78 Å². The molecule has 6 heteroatoms. The summed E-state index contributed by atoms with van der Waals surface area (Å²) < 4.78 is 11.0. The summed E-state index contributed by atoms with van der Waals surface area (Å²) in [6.45, 7) is 5.56. The highest BCUT2D eigenvalue weighted by Crippen LogP contribution is 2.26. The summed E-state index contributed by atoms with van der Waals surface area (Å²) in [4.78, 5) is 31.3. The van der Waals surface area contributed by atoms with E-state index in [2.05, 4.69) is 23.8 Å². The van der Waals surface area contributed by atoms with Gasteiger partial charge >= 0.3 is 5.97 Å². The molecule has 0 radical (unpaired) electrons. The van der Waals surface area contributed by atoms with Crippen molar-refractivity contribution in [1.82, 2.24) is 9.97 Å². The van der Waals surface area contributed by atoms with Crippen LogP contribution in [0.1, 0.15) is 44.2 Å². The Hall–Kier alpha value is -3.15. The third kappa shape index (κ3) is 4.34. The smallest absolute Gasteiger partial charge is 0.344 e. The molecule has 1 heterocycles. The number of nitrogens with one attached hydrogen (secondary N) is 1. The number of carbonyl (C=O) groups excluding carboxylic acids is 1. The second kappa shape index (κ2) is 8.03. The highest BCUT2D eigenvalue weighted by molar-refractivity contribution is 5.77. The lowest BCUT2D eigenvalue weighted by atomic mass is 10.0. The van der Waals surface area contributed by atoms with E-state index >= 15 is 0 Å². The van der Waals surface area contributed by atoms with Crippen LogP contribution in [0.3, 0.4) is 0 Å². The number of esters is 1. The average Bonchev–Trinajstić information content (AvgIpc) is 2.66. The molecule has 0 amide bonds. The number of aromatic amines is 1. The van der Waals surface area contributed by atoms with Gasteiger partial charge in [-0.15, -0.1) is 0 Å². The molecule has 0 aliphatic rings. The van der Waals surface area contributed by atoms with Crippen molar-refractivity contribution in [2.75, 3.05) is 6.61 Å². The molecule has 0 spiro atoms. The van der Waals surface area contributed by atoms with Crippen LogP contribution in [-0.2, 0) is 9.53 Å². The number of aromatic nitrogens is 2. The maximum atomic E-state index is 12.2. The van der Waals surface area contributed by atoms with Gasteiger partial charge in [-0.1, -0.05) is 44.2 Å². The molecule has 1 atom stereocenters. The molecule has 0 bridgehead atoms. The van der Waals surface area contributed by atoms with Crippen molar-refractivity contribution in [3.63, 3.8) is 0 Å². The Morgan fingerprint density at radius 2 is 1.78 bits per heavy atom. The van der Waals surface area contributed by atoms with E-state index in [0.29, 0.717) is 22.5 Å². The number of ether oxygens (including phenoxy) is 2. The number of carbonyl (C=O) groups is 1. The first-order valence-electron chi connectivity index (χ1n) is 8.86. The van der Waals surface area contributed by atoms with Gasteiger partial charge in [0.05, 0.1) is 10.9 Å². The highest BCUT2D eigenvalue weighted by Gasteiger charge is 2.17. The summed E-state index contributed by atoms with van der Waals surface area (Å²) in [6.07, 6.45) is -0.696. The van der Waals surface area contributed by atoms with Crippen molar-refractivity contribution in [3.05, 3.63) is 70.3 Å². The molecule has 3 rings (SSSR count). The first kappa shape index (κ1) is 18.6. The molecule has 0 aliphatic heterocycles. The number of fused-ring (bicyclic) bond motifs is 1. The monoisotopic (exact) mass is 366 g/mol. The number of H-pyrrole nitrogens is 1. The minimum atomic E-state index is -0.696. The van der Waals surface area contributed by atoms with Gasteiger partial charge in [0.2, 0.25) is 0 Å². The van der Waals surface area contributed by atoms with E-state index in [0.717, 1.165) is 5.56 Å². The molecule has 0 unspecified atom stereocenters. The normalized spacial score (nSPS) is 12.1. The number of hydrogen-bond acceptors (Lipinski definition) is 5. The molecular formula is C21H22N2O4. The van der Waals surface area contributed by atoms with E-state index in [4.69, 9.17) is 9.47 Å². The maximum absolute atomic E-state index is 12.2. The Bertz CT molecular complexity index is 1010. The van der Waals surface area contributed by atoms with Gasteiger partial charge in [-0.3, -0.25) is 4.79 Å². The third-order valence-corrected chi connectivity index (χ3v) is 4.21. The van der Waals surface area contributed by atoms with Crippen LogP contribution < -0.4 is 10.3 Å². The summed E-state index contributed by atoms with van der Waals surface area (Å²) in [5.74, 6) is 0.712. The fourth-order valence-corrected chi connectivity index (χ4v) is 2.81. The zero-order valence-corrected chi connectivity index (χ0v) is 15.6. The quantitative estimate of drug-likeness (QED) is 0.672. The Kier molecular flexibility index (Phi) is 5.54. The molecule has 3 aromatic rings. The van der Waals surface area contributed by atoms with Gasteiger partial charge in [-0.05, 0) is 36.6 Å². The first-order valence-corrected chi connectivity index (χ1v) is 8.86. The number of nitrogens with zero attached hydrogens (tertiary/aromatic N) is 1. The minimum Gasteiger partial charge on any atom is -0.482 e. The van der Waals surface area contributed by atoms with Gasteiger partial charge in [0.25, 0.3) is 5.56 Å². The van der Waals surface area contributed by atoms with Crippen molar-refractivity contribution in [3.8, 4) is 5.75 Å². The second-order valence-electron chi connectivity index (χ2n) is 6.58. The Labute approximate surface area is 157 Å². The van der Waals surface area contributed by atoms with Crippen LogP contribution in [0.25, 0.3) is 10.9 Å². The van der Waals surface area contributed by atoms with Crippen molar-refractivity contribution < 1.29 is 14.3 Å². The van der Waals surface area contributed by atoms with Gasteiger partial charge in [0, 0.05) is 0 Å². The molecule has 0 saturated heterocycles. The van der Waals surface area contributed by atoms with Crippen molar-refractivity contribution in [2.24, 2.45) is 0 Å². The summed E-state index contributed by atoms with van der Waals surface area (Å²) in [7, 11) is 0. The van der Waals surface area contributed by atoms with Crippen LogP contribution in [0.5, 0.6) is 5.75 Å². The molecule has 0 saturated carbocycles. The standard InChI is InChI=1S/C21H22N2O4/c1-13(2)15-8-5-7-11-18(15)26-12-19(24)27-14(3)20-22-17-10-6-4-9-16(17)21(25)23-20/h4-11,13-14H,12H2,1-3H3,(H,22,23,25)/t14-/m1/s1. The lowest BCUT2D eigenvalue weighted by Gasteiger charge is -2.15. The molecule has 1 aromatic heterocycles. The Morgan fingerprint density at radius 1 is 1.07 bits per heavy atom. The van der Waals surface area contributed by atoms with Gasteiger partial charge in [0.1, 0.15) is 5.75 Å². The average molecular weight is 366 g/mol. The summed E-state index contributed by atoms with van der Waals surface area (Å²) in [6, 6.07) is 14.6. The van der Waals surface area contributed by atoms with Crippen molar-refractivity contribution in [2.45, 2.75) is 32.8 Å². The second-order valence-corrected chi connectivity index (χ2v) is 6.58. The van der Waals surface area contributed by atoms with Gasteiger partial charge in [-0.2, -0.15) is 0 Å². The minimum absolute atomic E-state index is 0.216. The largest absolute Gasteiger partial charge is 0.482 e. The van der Waals surface area contributed by atoms with Crippen molar-refractivity contribution in [1.29, 1.82) is 0 Å². The lowest BCUT2D eigenvalue weighted by molar-refractivity contribution is -0.151. The summed E-state index contributed by atoms with van der Waals surface area (Å²) in [5.41, 5.74) is 1.32. The molecule has 2 aromatic carbocycles. The number of para-hydroxylation sites is 2. The molecule has 27 heavy (non-hydrogen) atoms. The van der Waals surface area contributed by atoms with E-state index in [9.17, 15) is 9.59 Å². The summed E-state index contributed by atoms with van der Waals surface area (Å²) >= 11 is 0. The number of hydrogen-bond donors (Lipinski definition) is 1. The van der Waals surface area contributed by atoms with Crippen LogP contribution in [0.4, 0.5) is 0 Å². The number of benzene rings is 2. The van der Waals surface area contributed by atoms with E-state index in [1.165, 1.54) is 0 Å². The van der Waals surface area contributed by atoms with Crippen LogP contribution >= 0.6 is 0 Å². The molecule has 6 nitrogen and oxygen atoms in total. The fraction of sp³-hybridized carbons (Fsp3) is 0.286. The van der Waals surface area contributed by atoms with Crippen molar-refractivity contribution >= 4 is 16.9 Å². The molecule has 140 valence electrons. The van der Waals surface area contributed by atoms with Crippen LogP contribution in [0, 0.1) is 0 Å². The van der Waals surface area contributed by atoms with E-state index < -0.39 is 12.1 Å². The topological polar surface area (TPSA) is 81.3 Å². The lowest BCUT2D eigenvalue weighted by Crippen LogP contribution is -2.21. The van der Waals surface area contributed by atoms with E-state index in [1.54, 1.807) is 31.2 Å². The fourth-order valence-electron chi connectivity index (χ4n) is 2.81. The predicted octanol–water partition coefficient (Wildman–Crippen LogP) is 3.73. The zero-order chi connectivity index (χ0) is 19.4. The van der Waals surface area contributed by atoms with Crippen LogP contribution in [0.15, 0.2) is 53.3 Å². The molecular weight excluding hydrogens is 344 g/mol. The van der Waals surface area contributed by atoms with Crippen LogP contribution in [0.2, 0.25) is 0 Å². The van der Waals surface area contributed by atoms with Crippen LogP contribution in [-0.4, -0.2) is 22.5 Å². The van der Waals surface area contributed by atoms with Gasteiger partial charge < -0.3 is 14.5 Å². The Balaban J connectivity index is 1.67. The highest BCUT2D eigenvalue weighted by atomic mass is 16.6. The van der Waals surface area contributed by atoms with E-state index in [1.807, 2.05) is 24.3 Å². The third-order valence-electron chi connectivity index (χ3n) is 4.21. The Morgan fingerprint density at radius 3 is 2.56 bits per heavy atom. The zero-order valence-electron chi connectivity index (χ0n) is 15.6. The maximum Gasteiger partial charge on any atom is 0.344 e. The molecule has 0 aliphatic carbocycles. The molecule has 1 N–H and O–H groups in total. The summed E-state index contributed by atoms with van der Waals surface area (Å²) in [5, 5.41) is 0.494. The number of rotatable bonds is 6. The first-order chi connectivity index (χ1) is 13.0.